The number of aromatic nitrogens is 4. The van der Waals surface area contributed by atoms with Crippen molar-refractivity contribution >= 4 is 23.4 Å². The first-order valence-electron chi connectivity index (χ1n) is 9.27. The minimum absolute atomic E-state index is 0.154. The summed E-state index contributed by atoms with van der Waals surface area (Å²) in [6.07, 6.45) is 0. The van der Waals surface area contributed by atoms with Gasteiger partial charge in [-0.3, -0.25) is 4.79 Å². The lowest BCUT2D eigenvalue weighted by molar-refractivity contribution is -0.115. The van der Waals surface area contributed by atoms with E-state index in [4.69, 9.17) is 9.47 Å². The predicted octanol–water partition coefficient (Wildman–Crippen LogP) is 3.63. The van der Waals surface area contributed by atoms with E-state index in [1.807, 2.05) is 19.1 Å². The van der Waals surface area contributed by atoms with Crippen LogP contribution in [0.4, 0.5) is 5.69 Å². The van der Waals surface area contributed by atoms with Crippen molar-refractivity contribution in [3.05, 3.63) is 48.0 Å². The fourth-order valence-electron chi connectivity index (χ4n) is 2.84. The number of hydrogen-bond donors (Lipinski definition) is 1. The summed E-state index contributed by atoms with van der Waals surface area (Å²) in [6.45, 7) is 6.30. The molecular formula is C20H21N5O3S. The van der Waals surface area contributed by atoms with Crippen LogP contribution in [0.1, 0.15) is 32.3 Å². The predicted molar refractivity (Wildman–Crippen MR) is 110 cm³/mol. The van der Waals surface area contributed by atoms with E-state index in [-0.39, 0.29) is 12.7 Å². The smallest absolute Gasteiger partial charge is 0.237 e. The summed E-state index contributed by atoms with van der Waals surface area (Å²) in [5.41, 5.74) is 2.74. The molecule has 1 amide bonds. The van der Waals surface area contributed by atoms with Gasteiger partial charge in [0.2, 0.25) is 17.9 Å². The van der Waals surface area contributed by atoms with E-state index >= 15 is 0 Å². The molecule has 0 spiro atoms. The number of amides is 1. The van der Waals surface area contributed by atoms with Gasteiger partial charge in [-0.25, -0.2) is 0 Å². The second-order valence-corrected chi connectivity index (χ2v) is 8.24. The maximum Gasteiger partial charge on any atom is 0.237 e. The second-order valence-electron chi connectivity index (χ2n) is 6.94. The maximum atomic E-state index is 12.6. The van der Waals surface area contributed by atoms with Crippen molar-refractivity contribution in [3.8, 4) is 17.2 Å². The number of carbonyl (C=O) groups excluding carboxylic acids is 1. The molecule has 0 bridgehead atoms. The van der Waals surface area contributed by atoms with E-state index in [9.17, 15) is 4.79 Å². The van der Waals surface area contributed by atoms with Gasteiger partial charge in [-0.1, -0.05) is 37.7 Å². The van der Waals surface area contributed by atoms with Crippen LogP contribution >= 0.6 is 11.8 Å². The lowest BCUT2D eigenvalue weighted by atomic mass is 10.0. The van der Waals surface area contributed by atoms with E-state index in [0.717, 1.165) is 5.69 Å². The molecule has 1 aromatic heterocycles. The van der Waals surface area contributed by atoms with E-state index in [1.54, 1.807) is 22.9 Å². The number of tetrazole rings is 1. The quantitative estimate of drug-likeness (QED) is 0.619. The molecule has 0 aliphatic carbocycles. The van der Waals surface area contributed by atoms with Gasteiger partial charge in [-0.2, -0.15) is 4.68 Å². The zero-order valence-electron chi connectivity index (χ0n) is 16.3. The Morgan fingerprint density at radius 1 is 1.10 bits per heavy atom. The van der Waals surface area contributed by atoms with Crippen LogP contribution in [0.25, 0.3) is 5.69 Å². The zero-order chi connectivity index (χ0) is 20.4. The number of ether oxygens (including phenoxy) is 2. The van der Waals surface area contributed by atoms with Gasteiger partial charge in [0.15, 0.2) is 11.5 Å². The van der Waals surface area contributed by atoms with Gasteiger partial charge in [-0.05, 0) is 53.1 Å². The first-order chi connectivity index (χ1) is 14.0. The van der Waals surface area contributed by atoms with Gasteiger partial charge in [0, 0.05) is 11.8 Å². The van der Waals surface area contributed by atoms with Crippen LogP contribution in [0.15, 0.2) is 47.6 Å². The molecule has 9 heteroatoms. The highest BCUT2D eigenvalue weighted by molar-refractivity contribution is 8.00. The Labute approximate surface area is 172 Å². The average molecular weight is 411 g/mol. The molecule has 4 rings (SSSR count). The summed E-state index contributed by atoms with van der Waals surface area (Å²) in [4.78, 5) is 12.6. The van der Waals surface area contributed by atoms with Crippen molar-refractivity contribution in [1.29, 1.82) is 0 Å². The molecule has 1 N–H and O–H groups in total. The normalized spacial score (nSPS) is 13.5. The van der Waals surface area contributed by atoms with Crippen molar-refractivity contribution in [2.75, 3.05) is 12.1 Å². The van der Waals surface area contributed by atoms with E-state index in [2.05, 4.69) is 46.8 Å². The minimum Gasteiger partial charge on any atom is -0.454 e. The molecule has 1 aliphatic rings. The summed E-state index contributed by atoms with van der Waals surface area (Å²) in [5.74, 6) is 1.59. The topological polar surface area (TPSA) is 91.2 Å². The number of nitrogens with zero attached hydrogens (tertiary/aromatic N) is 4. The van der Waals surface area contributed by atoms with E-state index < -0.39 is 5.25 Å². The molecule has 0 radical (unpaired) electrons. The number of fused-ring (bicyclic) bond motifs is 1. The summed E-state index contributed by atoms with van der Waals surface area (Å²) in [7, 11) is 0. The third-order valence-corrected chi connectivity index (χ3v) is 5.57. The first-order valence-corrected chi connectivity index (χ1v) is 10.1. The summed E-state index contributed by atoms with van der Waals surface area (Å²) in [6, 6.07) is 13.4. The first kappa shape index (κ1) is 19.3. The van der Waals surface area contributed by atoms with Crippen molar-refractivity contribution in [2.45, 2.75) is 37.1 Å². The molecule has 29 heavy (non-hydrogen) atoms. The standard InChI is InChI=1S/C20H21N5O3S/c1-12(2)14-4-7-16(8-5-14)25-20(22-23-24-25)29-13(3)19(26)21-15-6-9-17-18(10-15)28-11-27-17/h4-10,12-13H,11H2,1-3H3,(H,21,26). The lowest BCUT2D eigenvalue weighted by Gasteiger charge is -2.12. The summed E-state index contributed by atoms with van der Waals surface area (Å²) < 4.78 is 12.3. The van der Waals surface area contributed by atoms with Gasteiger partial charge in [-0.15, -0.1) is 5.10 Å². The number of benzene rings is 2. The van der Waals surface area contributed by atoms with Gasteiger partial charge in [0.1, 0.15) is 0 Å². The van der Waals surface area contributed by atoms with Gasteiger partial charge in [0.25, 0.3) is 0 Å². The molecular weight excluding hydrogens is 390 g/mol. The number of hydrogen-bond acceptors (Lipinski definition) is 7. The third kappa shape index (κ3) is 4.19. The number of rotatable bonds is 6. The number of anilines is 1. The molecule has 1 unspecified atom stereocenters. The SMILES string of the molecule is CC(Sc1nnnn1-c1ccc(C(C)C)cc1)C(=O)Nc1ccc2c(c1)OCO2. The van der Waals surface area contributed by atoms with E-state index in [0.29, 0.717) is 28.3 Å². The van der Waals surface area contributed by atoms with Crippen LogP contribution in [-0.4, -0.2) is 38.2 Å². The lowest BCUT2D eigenvalue weighted by Crippen LogP contribution is -2.22. The Balaban J connectivity index is 1.44. The van der Waals surface area contributed by atoms with Crippen LogP contribution in [0.5, 0.6) is 11.5 Å². The molecule has 3 aromatic rings. The van der Waals surface area contributed by atoms with Crippen molar-refractivity contribution < 1.29 is 14.3 Å². The van der Waals surface area contributed by atoms with E-state index in [1.165, 1.54) is 17.3 Å². The summed E-state index contributed by atoms with van der Waals surface area (Å²) in [5, 5.41) is 15.0. The van der Waals surface area contributed by atoms with Crippen molar-refractivity contribution in [3.63, 3.8) is 0 Å². The molecule has 0 fully saturated rings. The number of thioether (sulfide) groups is 1. The van der Waals surface area contributed by atoms with Gasteiger partial charge < -0.3 is 14.8 Å². The highest BCUT2D eigenvalue weighted by Crippen LogP contribution is 2.34. The average Bonchev–Trinajstić information content (AvgIpc) is 3.36. The highest BCUT2D eigenvalue weighted by Gasteiger charge is 2.21. The Kier molecular flexibility index (Phi) is 5.39. The Morgan fingerprint density at radius 2 is 1.86 bits per heavy atom. The Bertz CT molecular complexity index is 1020. The molecule has 2 aromatic carbocycles. The van der Waals surface area contributed by atoms with Crippen LogP contribution in [0.2, 0.25) is 0 Å². The molecule has 150 valence electrons. The fourth-order valence-corrected chi connectivity index (χ4v) is 3.65. The number of carbonyl (C=O) groups is 1. The Morgan fingerprint density at radius 3 is 2.62 bits per heavy atom. The molecule has 1 aliphatic heterocycles. The maximum absolute atomic E-state index is 12.6. The largest absolute Gasteiger partial charge is 0.454 e. The van der Waals surface area contributed by atoms with Crippen LogP contribution in [0, 0.1) is 0 Å². The van der Waals surface area contributed by atoms with Gasteiger partial charge in [0.05, 0.1) is 10.9 Å². The molecule has 1 atom stereocenters. The highest BCUT2D eigenvalue weighted by atomic mass is 32.2. The third-order valence-electron chi connectivity index (χ3n) is 4.54. The summed E-state index contributed by atoms with van der Waals surface area (Å²) >= 11 is 1.29. The fraction of sp³-hybridized carbons (Fsp3) is 0.300. The van der Waals surface area contributed by atoms with Crippen molar-refractivity contribution in [2.24, 2.45) is 0 Å². The molecule has 8 nitrogen and oxygen atoms in total. The van der Waals surface area contributed by atoms with Crippen LogP contribution < -0.4 is 14.8 Å². The zero-order valence-corrected chi connectivity index (χ0v) is 17.1. The van der Waals surface area contributed by atoms with Crippen LogP contribution in [0.3, 0.4) is 0 Å². The second kappa shape index (κ2) is 8.12. The van der Waals surface area contributed by atoms with Crippen molar-refractivity contribution in [1.82, 2.24) is 20.2 Å². The van der Waals surface area contributed by atoms with Gasteiger partial charge >= 0.3 is 0 Å². The van der Waals surface area contributed by atoms with Crippen LogP contribution in [-0.2, 0) is 4.79 Å². The molecule has 0 saturated heterocycles. The molecule has 2 heterocycles. The monoisotopic (exact) mass is 411 g/mol. The number of nitrogens with one attached hydrogen (secondary N) is 1. The molecule has 0 saturated carbocycles. The minimum atomic E-state index is -0.403. The Hall–Kier alpha value is -3.07.